The van der Waals surface area contributed by atoms with Gasteiger partial charge in [-0.2, -0.15) is 0 Å². The number of hydrogen-bond acceptors (Lipinski definition) is 5. The number of aromatic nitrogens is 1. The van der Waals surface area contributed by atoms with E-state index in [0.29, 0.717) is 16.7 Å². The van der Waals surface area contributed by atoms with Gasteiger partial charge in [0, 0.05) is 18.5 Å². The second-order valence-electron chi connectivity index (χ2n) is 6.37. The highest BCUT2D eigenvalue weighted by molar-refractivity contribution is 6.02. The maximum Gasteiger partial charge on any atom is 0.305 e. The molecule has 1 amide bonds. The van der Waals surface area contributed by atoms with Gasteiger partial charge in [0.05, 0.1) is 19.0 Å². The van der Waals surface area contributed by atoms with Crippen molar-refractivity contribution in [1.29, 1.82) is 0 Å². The number of aliphatic carboxylic acids is 1. The number of benzene rings is 2. The summed E-state index contributed by atoms with van der Waals surface area (Å²) in [5.41, 5.74) is -0.00846. The molecule has 0 bridgehead atoms. The molecule has 8 nitrogen and oxygen atoms in total. The summed E-state index contributed by atoms with van der Waals surface area (Å²) in [7, 11) is 1.55. The van der Waals surface area contributed by atoms with Gasteiger partial charge in [0.2, 0.25) is 0 Å². The van der Waals surface area contributed by atoms with Crippen molar-refractivity contribution in [3.8, 4) is 11.5 Å². The maximum atomic E-state index is 12.9. The summed E-state index contributed by atoms with van der Waals surface area (Å²) < 4.78 is 6.28. The van der Waals surface area contributed by atoms with Crippen LogP contribution < -0.4 is 15.6 Å². The van der Waals surface area contributed by atoms with Crippen molar-refractivity contribution < 1.29 is 24.5 Å². The van der Waals surface area contributed by atoms with Crippen LogP contribution in [0, 0.1) is 0 Å². The number of rotatable bonds is 7. The summed E-state index contributed by atoms with van der Waals surface area (Å²) in [6, 6.07) is 13.5. The van der Waals surface area contributed by atoms with Crippen molar-refractivity contribution in [1.82, 2.24) is 9.88 Å². The SMILES string of the molecule is COc1ccc(CNC(=O)c2c(O)c3ccccc3n(CCC(=O)O)c2=O)cc1. The van der Waals surface area contributed by atoms with Crippen LogP contribution >= 0.6 is 0 Å². The molecular weight excluding hydrogens is 376 g/mol. The highest BCUT2D eigenvalue weighted by atomic mass is 16.5. The van der Waals surface area contributed by atoms with Gasteiger partial charge in [-0.3, -0.25) is 14.4 Å². The van der Waals surface area contributed by atoms with E-state index in [-0.39, 0.29) is 19.5 Å². The van der Waals surface area contributed by atoms with Crippen LogP contribution in [-0.4, -0.2) is 33.8 Å². The number of aromatic hydroxyl groups is 1. The monoisotopic (exact) mass is 396 g/mol. The minimum Gasteiger partial charge on any atom is -0.506 e. The van der Waals surface area contributed by atoms with E-state index in [0.717, 1.165) is 5.56 Å². The zero-order valence-electron chi connectivity index (χ0n) is 15.7. The molecule has 0 unspecified atom stereocenters. The Labute approximate surface area is 166 Å². The number of aryl methyl sites for hydroxylation is 1. The predicted octanol–water partition coefficient (Wildman–Crippen LogP) is 2.12. The van der Waals surface area contributed by atoms with Gasteiger partial charge in [-0.25, -0.2) is 0 Å². The number of nitrogens with one attached hydrogen (secondary N) is 1. The van der Waals surface area contributed by atoms with Gasteiger partial charge in [-0.15, -0.1) is 0 Å². The van der Waals surface area contributed by atoms with E-state index in [1.54, 1.807) is 55.6 Å². The molecule has 0 saturated heterocycles. The number of carbonyl (C=O) groups is 2. The number of ether oxygens (including phenoxy) is 1. The van der Waals surface area contributed by atoms with Gasteiger partial charge in [-0.1, -0.05) is 24.3 Å². The normalized spacial score (nSPS) is 10.7. The van der Waals surface area contributed by atoms with Gasteiger partial charge in [0.15, 0.2) is 0 Å². The molecule has 8 heteroatoms. The van der Waals surface area contributed by atoms with E-state index in [1.165, 1.54) is 4.57 Å². The molecule has 0 saturated carbocycles. The number of amides is 1. The fourth-order valence-corrected chi connectivity index (χ4v) is 3.04. The van der Waals surface area contributed by atoms with Gasteiger partial charge in [-0.05, 0) is 29.8 Å². The molecule has 0 spiro atoms. The Bertz CT molecular complexity index is 1120. The van der Waals surface area contributed by atoms with E-state index < -0.39 is 28.7 Å². The number of para-hydroxylation sites is 1. The molecule has 150 valence electrons. The first kappa shape index (κ1) is 19.9. The molecule has 0 aliphatic heterocycles. The van der Waals surface area contributed by atoms with Crippen molar-refractivity contribution in [2.24, 2.45) is 0 Å². The van der Waals surface area contributed by atoms with Crippen LogP contribution in [0.4, 0.5) is 0 Å². The number of nitrogens with zero attached hydrogens (tertiary/aromatic N) is 1. The lowest BCUT2D eigenvalue weighted by Crippen LogP contribution is -2.33. The Morgan fingerprint density at radius 3 is 2.45 bits per heavy atom. The molecule has 3 aromatic rings. The number of methoxy groups -OCH3 is 1. The maximum absolute atomic E-state index is 12.9. The third-order valence-electron chi connectivity index (χ3n) is 4.53. The van der Waals surface area contributed by atoms with Crippen molar-refractivity contribution in [3.63, 3.8) is 0 Å². The molecule has 0 atom stereocenters. The first-order chi connectivity index (χ1) is 13.9. The Morgan fingerprint density at radius 1 is 1.10 bits per heavy atom. The molecule has 0 radical (unpaired) electrons. The highest BCUT2D eigenvalue weighted by Gasteiger charge is 2.22. The minimum absolute atomic E-state index is 0.117. The Kier molecular flexibility index (Phi) is 5.82. The minimum atomic E-state index is -1.07. The second kappa shape index (κ2) is 8.47. The molecule has 1 heterocycles. The van der Waals surface area contributed by atoms with Crippen molar-refractivity contribution in [2.45, 2.75) is 19.5 Å². The first-order valence-corrected chi connectivity index (χ1v) is 8.89. The summed E-state index contributed by atoms with van der Waals surface area (Å²) in [5.74, 6) is -1.56. The van der Waals surface area contributed by atoms with Gasteiger partial charge >= 0.3 is 5.97 Å². The fourth-order valence-electron chi connectivity index (χ4n) is 3.04. The van der Waals surface area contributed by atoms with E-state index in [1.807, 2.05) is 0 Å². The second-order valence-corrected chi connectivity index (χ2v) is 6.37. The van der Waals surface area contributed by atoms with Crippen LogP contribution in [0.1, 0.15) is 22.3 Å². The molecule has 29 heavy (non-hydrogen) atoms. The summed E-state index contributed by atoms with van der Waals surface area (Å²) in [4.78, 5) is 36.5. The molecule has 3 N–H and O–H groups in total. The van der Waals surface area contributed by atoms with Gasteiger partial charge in [0.25, 0.3) is 11.5 Å². The van der Waals surface area contributed by atoms with Gasteiger partial charge < -0.3 is 24.8 Å². The first-order valence-electron chi connectivity index (χ1n) is 8.89. The zero-order valence-corrected chi connectivity index (χ0v) is 15.7. The third kappa shape index (κ3) is 4.21. The Morgan fingerprint density at radius 2 is 1.79 bits per heavy atom. The van der Waals surface area contributed by atoms with Crippen LogP contribution in [0.2, 0.25) is 0 Å². The van der Waals surface area contributed by atoms with Crippen molar-refractivity contribution in [2.75, 3.05) is 7.11 Å². The van der Waals surface area contributed by atoms with Crippen molar-refractivity contribution >= 4 is 22.8 Å². The summed E-state index contributed by atoms with van der Waals surface area (Å²) in [6.07, 6.45) is -0.290. The van der Waals surface area contributed by atoms with Crippen LogP contribution in [-0.2, 0) is 17.9 Å². The smallest absolute Gasteiger partial charge is 0.305 e. The Balaban J connectivity index is 1.95. The third-order valence-corrected chi connectivity index (χ3v) is 4.53. The topological polar surface area (TPSA) is 118 Å². The Hall–Kier alpha value is -3.81. The summed E-state index contributed by atoms with van der Waals surface area (Å²) in [6.45, 7) is 0.0252. The summed E-state index contributed by atoms with van der Waals surface area (Å²) in [5, 5.41) is 22.4. The van der Waals surface area contributed by atoms with E-state index in [4.69, 9.17) is 9.84 Å². The largest absolute Gasteiger partial charge is 0.506 e. The average Bonchev–Trinajstić information content (AvgIpc) is 2.72. The number of carbonyl (C=O) groups excluding carboxylic acids is 1. The van der Waals surface area contributed by atoms with E-state index >= 15 is 0 Å². The molecule has 1 aromatic heterocycles. The van der Waals surface area contributed by atoms with Crippen LogP contribution in [0.15, 0.2) is 53.3 Å². The van der Waals surface area contributed by atoms with E-state index in [9.17, 15) is 19.5 Å². The summed E-state index contributed by atoms with van der Waals surface area (Å²) >= 11 is 0. The van der Waals surface area contributed by atoms with Crippen LogP contribution in [0.25, 0.3) is 10.9 Å². The van der Waals surface area contributed by atoms with Crippen LogP contribution in [0.5, 0.6) is 11.5 Å². The average molecular weight is 396 g/mol. The number of hydrogen-bond donors (Lipinski definition) is 3. The zero-order chi connectivity index (χ0) is 21.0. The van der Waals surface area contributed by atoms with E-state index in [2.05, 4.69) is 5.32 Å². The number of carboxylic acid groups (broad SMARTS) is 1. The molecule has 0 aliphatic carbocycles. The molecule has 3 rings (SSSR count). The fraction of sp³-hybridized carbons (Fsp3) is 0.190. The molecular formula is C21H20N2O6. The molecule has 0 aliphatic rings. The van der Waals surface area contributed by atoms with Gasteiger partial charge in [0.1, 0.15) is 17.1 Å². The lowest BCUT2D eigenvalue weighted by Gasteiger charge is -2.14. The standard InChI is InChI=1S/C21H20N2O6/c1-29-14-8-6-13(7-9-14)12-22-20(27)18-19(26)15-4-2-3-5-16(15)23(21(18)28)11-10-17(24)25/h2-9,26H,10-12H2,1H3,(H,22,27)(H,24,25). The van der Waals surface area contributed by atoms with Crippen LogP contribution in [0.3, 0.4) is 0 Å². The lowest BCUT2D eigenvalue weighted by molar-refractivity contribution is -0.137. The quantitative estimate of drug-likeness (QED) is 0.563. The molecule has 2 aromatic carbocycles. The number of fused-ring (bicyclic) bond motifs is 1. The molecule has 0 fully saturated rings. The number of pyridine rings is 1. The highest BCUT2D eigenvalue weighted by Crippen LogP contribution is 2.26. The number of carboxylic acids is 1. The lowest BCUT2D eigenvalue weighted by atomic mass is 10.1. The van der Waals surface area contributed by atoms with Crippen molar-refractivity contribution in [3.05, 3.63) is 70.0 Å². The predicted molar refractivity (Wildman–Crippen MR) is 106 cm³/mol.